The van der Waals surface area contributed by atoms with Gasteiger partial charge in [-0.1, -0.05) is 0 Å². The fourth-order valence-corrected chi connectivity index (χ4v) is 2.20. The molecule has 132 valence electrons. The number of amides is 3. The highest BCUT2D eigenvalue weighted by Crippen LogP contribution is 2.17. The summed E-state index contributed by atoms with van der Waals surface area (Å²) < 4.78 is 10.4. The average Bonchev–Trinajstić information content (AvgIpc) is 2.45. The Morgan fingerprint density at radius 2 is 1.96 bits per heavy atom. The molecule has 1 unspecified atom stereocenters. The van der Waals surface area contributed by atoms with Gasteiger partial charge in [0.1, 0.15) is 12.2 Å². The van der Waals surface area contributed by atoms with Gasteiger partial charge in [-0.25, -0.2) is 9.59 Å². The molecule has 1 aliphatic rings. The molecule has 0 spiro atoms. The van der Waals surface area contributed by atoms with Crippen molar-refractivity contribution in [1.29, 1.82) is 0 Å². The Labute approximate surface area is 136 Å². The number of hydrogen-bond donors (Lipinski definition) is 1. The van der Waals surface area contributed by atoms with Crippen molar-refractivity contribution in [3.8, 4) is 0 Å². The van der Waals surface area contributed by atoms with Gasteiger partial charge in [-0.05, 0) is 33.6 Å². The van der Waals surface area contributed by atoms with Gasteiger partial charge in [-0.3, -0.25) is 4.79 Å². The van der Waals surface area contributed by atoms with E-state index < -0.39 is 17.7 Å². The molecule has 0 bridgehead atoms. The lowest BCUT2D eigenvalue weighted by molar-refractivity contribution is -0.150. The van der Waals surface area contributed by atoms with Crippen molar-refractivity contribution < 1.29 is 23.9 Å². The van der Waals surface area contributed by atoms with Crippen LogP contribution in [0.2, 0.25) is 0 Å². The minimum atomic E-state index is -0.567. The average molecular weight is 329 g/mol. The van der Waals surface area contributed by atoms with Crippen molar-refractivity contribution in [1.82, 2.24) is 9.80 Å². The number of carbonyl (C=O) groups excluding carboxylic acids is 3. The first-order chi connectivity index (χ1) is 10.6. The van der Waals surface area contributed by atoms with Gasteiger partial charge in [0.2, 0.25) is 0 Å². The van der Waals surface area contributed by atoms with Crippen LogP contribution in [0.4, 0.5) is 9.59 Å². The molecule has 0 saturated carbocycles. The Hall–Kier alpha value is -1.99. The molecule has 2 N–H and O–H groups in total. The predicted molar refractivity (Wildman–Crippen MR) is 83.7 cm³/mol. The largest absolute Gasteiger partial charge is 0.464 e. The minimum absolute atomic E-state index is 0.0850. The number of rotatable bonds is 4. The lowest BCUT2D eigenvalue weighted by Crippen LogP contribution is -2.45. The SMILES string of the molecule is CN(CCOC(=O)C1CCCN(C(N)=O)C1)C(=O)OC(C)(C)C. The van der Waals surface area contributed by atoms with Gasteiger partial charge in [0.05, 0.1) is 12.5 Å². The number of likely N-dealkylation sites (tertiary alicyclic amines) is 1. The van der Waals surface area contributed by atoms with Gasteiger partial charge >= 0.3 is 18.1 Å². The molecule has 1 heterocycles. The van der Waals surface area contributed by atoms with Crippen molar-refractivity contribution in [2.75, 3.05) is 33.3 Å². The molecule has 0 radical (unpaired) electrons. The molecule has 0 aromatic heterocycles. The number of likely N-dealkylation sites (N-methyl/N-ethyl adjacent to an activating group) is 1. The first-order valence-electron chi connectivity index (χ1n) is 7.75. The highest BCUT2D eigenvalue weighted by Gasteiger charge is 2.28. The summed E-state index contributed by atoms with van der Waals surface area (Å²) in [7, 11) is 1.58. The third-order valence-corrected chi connectivity index (χ3v) is 3.44. The maximum atomic E-state index is 12.0. The summed E-state index contributed by atoms with van der Waals surface area (Å²) in [5.41, 5.74) is 4.66. The van der Waals surface area contributed by atoms with Crippen molar-refractivity contribution in [3.63, 3.8) is 0 Å². The van der Waals surface area contributed by atoms with E-state index in [0.717, 1.165) is 6.42 Å². The first-order valence-corrected chi connectivity index (χ1v) is 7.75. The van der Waals surface area contributed by atoms with Crippen molar-refractivity contribution >= 4 is 18.1 Å². The van der Waals surface area contributed by atoms with Crippen LogP contribution in [0.3, 0.4) is 0 Å². The summed E-state index contributed by atoms with van der Waals surface area (Å²) in [5, 5.41) is 0. The molecule has 0 aliphatic carbocycles. The third kappa shape index (κ3) is 6.75. The zero-order chi connectivity index (χ0) is 17.6. The Kier molecular flexibility index (Phi) is 6.65. The number of nitrogens with zero attached hydrogens (tertiary/aromatic N) is 2. The van der Waals surface area contributed by atoms with E-state index in [9.17, 15) is 14.4 Å². The van der Waals surface area contributed by atoms with E-state index in [4.69, 9.17) is 15.2 Å². The van der Waals surface area contributed by atoms with E-state index in [1.165, 1.54) is 9.80 Å². The minimum Gasteiger partial charge on any atom is -0.464 e. The van der Waals surface area contributed by atoms with Crippen molar-refractivity contribution in [3.05, 3.63) is 0 Å². The zero-order valence-electron chi connectivity index (χ0n) is 14.3. The van der Waals surface area contributed by atoms with Crippen LogP contribution in [0, 0.1) is 5.92 Å². The molecule has 0 aromatic carbocycles. The van der Waals surface area contributed by atoms with Crippen LogP contribution in [0.15, 0.2) is 0 Å². The molecule has 1 atom stereocenters. The summed E-state index contributed by atoms with van der Waals surface area (Å²) in [6.07, 6.45) is 0.927. The third-order valence-electron chi connectivity index (χ3n) is 3.44. The smallest absolute Gasteiger partial charge is 0.410 e. The number of nitrogens with two attached hydrogens (primary N) is 1. The summed E-state index contributed by atoms with van der Waals surface area (Å²) in [6, 6.07) is -0.521. The molecule has 0 aromatic rings. The summed E-state index contributed by atoms with van der Waals surface area (Å²) in [4.78, 5) is 37.7. The lowest BCUT2D eigenvalue weighted by atomic mass is 9.98. The van der Waals surface area contributed by atoms with Gasteiger partial charge in [0.25, 0.3) is 0 Å². The quantitative estimate of drug-likeness (QED) is 0.780. The molecule has 3 amide bonds. The lowest BCUT2D eigenvalue weighted by Gasteiger charge is -2.30. The molecule has 1 rings (SSSR count). The van der Waals surface area contributed by atoms with Crippen LogP contribution in [0.1, 0.15) is 33.6 Å². The fourth-order valence-electron chi connectivity index (χ4n) is 2.20. The van der Waals surface area contributed by atoms with E-state index in [0.29, 0.717) is 13.0 Å². The molecule has 1 aliphatic heterocycles. The van der Waals surface area contributed by atoms with Crippen molar-refractivity contribution in [2.45, 2.75) is 39.2 Å². The topological polar surface area (TPSA) is 102 Å². The molecule has 1 saturated heterocycles. The molecule has 8 nitrogen and oxygen atoms in total. The number of esters is 1. The Balaban J connectivity index is 2.33. The summed E-state index contributed by atoms with van der Waals surface area (Å²) >= 11 is 0. The number of ether oxygens (including phenoxy) is 2. The maximum absolute atomic E-state index is 12.0. The Bertz CT molecular complexity index is 447. The van der Waals surface area contributed by atoms with Crippen LogP contribution in [-0.4, -0.2) is 66.8 Å². The van der Waals surface area contributed by atoms with Gasteiger partial charge in [0.15, 0.2) is 0 Å². The second kappa shape index (κ2) is 8.03. The Morgan fingerprint density at radius 1 is 1.30 bits per heavy atom. The first kappa shape index (κ1) is 19.1. The van der Waals surface area contributed by atoms with Crippen LogP contribution in [0.25, 0.3) is 0 Å². The predicted octanol–water partition coefficient (Wildman–Crippen LogP) is 1.19. The number of hydrogen-bond acceptors (Lipinski definition) is 5. The maximum Gasteiger partial charge on any atom is 0.410 e. The van der Waals surface area contributed by atoms with E-state index >= 15 is 0 Å². The number of primary amides is 1. The second-order valence-electron chi connectivity index (χ2n) is 6.69. The number of urea groups is 1. The van der Waals surface area contributed by atoms with Gasteiger partial charge in [-0.2, -0.15) is 0 Å². The summed E-state index contributed by atoms with van der Waals surface area (Å²) in [5.74, 6) is -0.725. The van der Waals surface area contributed by atoms with E-state index in [1.54, 1.807) is 27.8 Å². The standard InChI is InChI=1S/C15H27N3O5/c1-15(2,3)23-14(21)17(4)8-9-22-12(19)11-6-5-7-18(10-11)13(16)20/h11H,5-10H2,1-4H3,(H2,16,20). The van der Waals surface area contributed by atoms with E-state index in [2.05, 4.69) is 0 Å². The highest BCUT2D eigenvalue weighted by atomic mass is 16.6. The molecule has 23 heavy (non-hydrogen) atoms. The van der Waals surface area contributed by atoms with E-state index in [1.807, 2.05) is 0 Å². The normalized spacial score (nSPS) is 18.3. The summed E-state index contributed by atoms with van der Waals surface area (Å²) in [6.45, 7) is 6.54. The molecule has 1 fully saturated rings. The molecular weight excluding hydrogens is 302 g/mol. The fraction of sp³-hybridized carbons (Fsp3) is 0.800. The van der Waals surface area contributed by atoms with Gasteiger partial charge < -0.3 is 25.0 Å². The highest BCUT2D eigenvalue weighted by molar-refractivity contribution is 5.76. The van der Waals surface area contributed by atoms with Gasteiger partial charge in [-0.15, -0.1) is 0 Å². The number of piperidine rings is 1. The van der Waals surface area contributed by atoms with Crippen LogP contribution in [-0.2, 0) is 14.3 Å². The second-order valence-corrected chi connectivity index (χ2v) is 6.69. The monoisotopic (exact) mass is 329 g/mol. The van der Waals surface area contributed by atoms with Crippen molar-refractivity contribution in [2.24, 2.45) is 11.7 Å². The molecular formula is C15H27N3O5. The van der Waals surface area contributed by atoms with Crippen LogP contribution >= 0.6 is 0 Å². The van der Waals surface area contributed by atoms with Crippen LogP contribution < -0.4 is 5.73 Å². The van der Waals surface area contributed by atoms with Crippen LogP contribution in [0.5, 0.6) is 0 Å². The van der Waals surface area contributed by atoms with Gasteiger partial charge in [0, 0.05) is 20.1 Å². The number of carbonyl (C=O) groups is 3. The van der Waals surface area contributed by atoms with E-state index in [-0.39, 0.29) is 31.6 Å². The Morgan fingerprint density at radius 3 is 2.52 bits per heavy atom. The molecule has 8 heteroatoms. The zero-order valence-corrected chi connectivity index (χ0v) is 14.3.